The molecule has 0 spiro atoms. The molecule has 1 aliphatic heterocycles. The van der Waals surface area contributed by atoms with E-state index >= 15 is 0 Å². The van der Waals surface area contributed by atoms with E-state index in [9.17, 15) is 9.18 Å². The van der Waals surface area contributed by atoms with Crippen LogP contribution in [0.2, 0.25) is 0 Å². The van der Waals surface area contributed by atoms with Crippen LogP contribution in [-0.2, 0) is 7.05 Å². The molecular formula is C19H20FN5O2. The van der Waals surface area contributed by atoms with Crippen molar-refractivity contribution in [3.05, 3.63) is 52.7 Å². The van der Waals surface area contributed by atoms with Gasteiger partial charge >= 0.3 is 0 Å². The van der Waals surface area contributed by atoms with Crippen molar-refractivity contribution >= 4 is 17.0 Å². The highest BCUT2D eigenvalue weighted by molar-refractivity contribution is 5.76. The monoisotopic (exact) mass is 369 g/mol. The van der Waals surface area contributed by atoms with E-state index in [1.165, 1.54) is 28.8 Å². The Bertz CT molecular complexity index is 1010. The number of ether oxygens (including phenoxy) is 1. The second kappa shape index (κ2) is 7.32. The molecule has 2 N–H and O–H groups in total. The van der Waals surface area contributed by atoms with Gasteiger partial charge in [0.15, 0.2) is 5.75 Å². The first kappa shape index (κ1) is 17.4. The summed E-state index contributed by atoms with van der Waals surface area (Å²) in [5, 5.41) is 7.34. The predicted molar refractivity (Wildman–Crippen MR) is 101 cm³/mol. The van der Waals surface area contributed by atoms with Crippen molar-refractivity contribution in [2.24, 2.45) is 7.05 Å². The average molecular weight is 369 g/mol. The first-order valence-corrected chi connectivity index (χ1v) is 8.87. The summed E-state index contributed by atoms with van der Waals surface area (Å²) in [7, 11) is 1.64. The molecule has 0 amide bonds. The number of nitrogens with zero attached hydrogens (tertiary/aromatic N) is 3. The predicted octanol–water partition coefficient (Wildman–Crippen LogP) is 2.42. The van der Waals surface area contributed by atoms with Crippen LogP contribution in [0.3, 0.4) is 0 Å². The zero-order valence-corrected chi connectivity index (χ0v) is 14.9. The number of hydrogen-bond acceptors (Lipinski definition) is 6. The molecule has 8 heteroatoms. The molecule has 140 valence electrons. The zero-order chi connectivity index (χ0) is 18.8. The van der Waals surface area contributed by atoms with E-state index in [-0.39, 0.29) is 17.1 Å². The first-order valence-electron chi connectivity index (χ1n) is 8.87. The number of aromatic nitrogens is 3. The maximum Gasteiger partial charge on any atom is 0.294 e. The highest BCUT2D eigenvalue weighted by Gasteiger charge is 2.15. The smallest absolute Gasteiger partial charge is 0.294 e. The van der Waals surface area contributed by atoms with Gasteiger partial charge < -0.3 is 15.4 Å². The number of piperidine rings is 1. The van der Waals surface area contributed by atoms with E-state index in [0.29, 0.717) is 28.8 Å². The van der Waals surface area contributed by atoms with Crippen LogP contribution < -0.4 is 20.9 Å². The number of halogens is 1. The van der Waals surface area contributed by atoms with Crippen molar-refractivity contribution in [2.75, 3.05) is 18.4 Å². The van der Waals surface area contributed by atoms with Gasteiger partial charge in [0.1, 0.15) is 17.2 Å². The molecule has 2 aromatic heterocycles. The summed E-state index contributed by atoms with van der Waals surface area (Å²) in [6.07, 6.45) is 3.68. The molecule has 1 saturated heterocycles. The van der Waals surface area contributed by atoms with E-state index < -0.39 is 0 Å². The minimum atomic E-state index is -0.365. The van der Waals surface area contributed by atoms with E-state index in [1.807, 2.05) is 0 Å². The molecule has 0 saturated carbocycles. The normalized spacial score (nSPS) is 15.0. The van der Waals surface area contributed by atoms with E-state index in [1.54, 1.807) is 19.3 Å². The number of fused-ring (bicyclic) bond motifs is 1. The number of anilines is 1. The molecule has 1 aliphatic rings. The average Bonchev–Trinajstić information content (AvgIpc) is 2.69. The third kappa shape index (κ3) is 3.75. The molecule has 0 unspecified atom stereocenters. The zero-order valence-electron chi connectivity index (χ0n) is 14.9. The minimum Gasteiger partial charge on any atom is -0.452 e. The van der Waals surface area contributed by atoms with Gasteiger partial charge in [-0.1, -0.05) is 0 Å². The van der Waals surface area contributed by atoms with Gasteiger partial charge in [0.25, 0.3) is 5.56 Å². The molecule has 0 radical (unpaired) electrons. The van der Waals surface area contributed by atoms with Gasteiger partial charge in [-0.25, -0.2) is 9.37 Å². The lowest BCUT2D eigenvalue weighted by atomic mass is 10.1. The van der Waals surface area contributed by atoms with Gasteiger partial charge in [-0.2, -0.15) is 4.98 Å². The lowest BCUT2D eigenvalue weighted by molar-refractivity contribution is 0.469. The molecule has 1 aromatic carbocycles. The molecule has 27 heavy (non-hydrogen) atoms. The van der Waals surface area contributed by atoms with E-state index in [2.05, 4.69) is 20.6 Å². The van der Waals surface area contributed by atoms with Crippen molar-refractivity contribution < 1.29 is 9.13 Å². The summed E-state index contributed by atoms with van der Waals surface area (Å²) in [4.78, 5) is 21.5. The van der Waals surface area contributed by atoms with Crippen LogP contribution in [-0.4, -0.2) is 33.7 Å². The van der Waals surface area contributed by atoms with Crippen LogP contribution in [0.4, 0.5) is 10.3 Å². The fraction of sp³-hybridized carbons (Fsp3) is 0.316. The molecular weight excluding hydrogens is 349 g/mol. The van der Waals surface area contributed by atoms with Crippen molar-refractivity contribution in [1.29, 1.82) is 0 Å². The second-order valence-corrected chi connectivity index (χ2v) is 6.57. The molecule has 0 bridgehead atoms. The Balaban J connectivity index is 1.64. The van der Waals surface area contributed by atoms with E-state index in [0.717, 1.165) is 25.9 Å². The van der Waals surface area contributed by atoms with Crippen LogP contribution in [0.5, 0.6) is 11.5 Å². The lowest BCUT2D eigenvalue weighted by Gasteiger charge is -2.23. The summed E-state index contributed by atoms with van der Waals surface area (Å²) in [6, 6.07) is 7.44. The molecule has 1 fully saturated rings. The summed E-state index contributed by atoms with van der Waals surface area (Å²) in [6.45, 7) is 1.93. The maximum atomic E-state index is 13.0. The third-order valence-corrected chi connectivity index (χ3v) is 4.63. The number of benzene rings is 1. The van der Waals surface area contributed by atoms with Crippen molar-refractivity contribution in [3.8, 4) is 11.5 Å². The highest BCUT2D eigenvalue weighted by atomic mass is 19.1. The van der Waals surface area contributed by atoms with Gasteiger partial charge in [0.05, 0.1) is 0 Å². The Hall–Kier alpha value is -3.00. The fourth-order valence-corrected chi connectivity index (χ4v) is 3.14. The number of nitrogens with one attached hydrogen (secondary N) is 2. The first-order chi connectivity index (χ1) is 13.1. The van der Waals surface area contributed by atoms with Crippen molar-refractivity contribution in [3.63, 3.8) is 0 Å². The standard InChI is InChI=1S/C19H20FN5O2/c1-25-17-12(11-22-19(24-17)23-14-6-8-21-9-7-14)10-16(18(25)26)27-15-4-2-13(20)3-5-15/h2-5,10-11,14,21H,6-9H2,1H3,(H,22,23,24). The number of rotatable bonds is 4. The molecule has 3 aromatic rings. The number of hydrogen-bond donors (Lipinski definition) is 2. The Morgan fingerprint density at radius 3 is 2.74 bits per heavy atom. The summed E-state index contributed by atoms with van der Waals surface area (Å²) < 4.78 is 20.1. The van der Waals surface area contributed by atoms with Gasteiger partial charge in [-0.3, -0.25) is 9.36 Å². The largest absolute Gasteiger partial charge is 0.452 e. The van der Waals surface area contributed by atoms with Crippen LogP contribution in [0.25, 0.3) is 11.0 Å². The summed E-state index contributed by atoms with van der Waals surface area (Å²) in [5.41, 5.74) is 0.205. The number of aryl methyl sites for hydroxylation is 1. The van der Waals surface area contributed by atoms with Gasteiger partial charge in [-0.15, -0.1) is 0 Å². The Morgan fingerprint density at radius 1 is 1.26 bits per heavy atom. The van der Waals surface area contributed by atoms with Gasteiger partial charge in [0, 0.05) is 24.7 Å². The van der Waals surface area contributed by atoms with E-state index in [4.69, 9.17) is 4.74 Å². The minimum absolute atomic E-state index is 0.138. The third-order valence-electron chi connectivity index (χ3n) is 4.63. The molecule has 3 heterocycles. The van der Waals surface area contributed by atoms with Gasteiger partial charge in [0.2, 0.25) is 5.95 Å². The summed E-state index contributed by atoms with van der Waals surface area (Å²) in [5.74, 6) is 0.671. The molecule has 0 aliphatic carbocycles. The SMILES string of the molecule is Cn1c(=O)c(Oc2ccc(F)cc2)cc2cnc(NC3CCNCC3)nc21. The molecule has 4 rings (SSSR count). The lowest BCUT2D eigenvalue weighted by Crippen LogP contribution is -2.35. The Labute approximate surface area is 155 Å². The molecule has 7 nitrogen and oxygen atoms in total. The van der Waals surface area contributed by atoms with Crippen LogP contribution in [0, 0.1) is 5.82 Å². The van der Waals surface area contributed by atoms with Crippen molar-refractivity contribution in [1.82, 2.24) is 19.9 Å². The Morgan fingerprint density at radius 2 is 2.00 bits per heavy atom. The van der Waals surface area contributed by atoms with Crippen molar-refractivity contribution in [2.45, 2.75) is 18.9 Å². The quantitative estimate of drug-likeness (QED) is 0.735. The Kier molecular flexibility index (Phi) is 4.72. The fourth-order valence-electron chi connectivity index (χ4n) is 3.14. The van der Waals surface area contributed by atoms with Crippen LogP contribution in [0.15, 0.2) is 41.3 Å². The topological polar surface area (TPSA) is 81.1 Å². The van der Waals surface area contributed by atoms with Gasteiger partial charge in [-0.05, 0) is 56.3 Å². The van der Waals surface area contributed by atoms with Crippen LogP contribution >= 0.6 is 0 Å². The highest BCUT2D eigenvalue weighted by Crippen LogP contribution is 2.22. The number of pyridine rings is 1. The maximum absolute atomic E-state index is 13.0. The second-order valence-electron chi connectivity index (χ2n) is 6.57. The van der Waals surface area contributed by atoms with Crippen LogP contribution in [0.1, 0.15) is 12.8 Å². The summed E-state index contributed by atoms with van der Waals surface area (Å²) >= 11 is 0. The molecule has 0 atom stereocenters.